The summed E-state index contributed by atoms with van der Waals surface area (Å²) in [5, 5.41) is 40.2. The van der Waals surface area contributed by atoms with E-state index in [1.807, 2.05) is 77.7 Å². The average Bonchev–Trinajstić information content (AvgIpc) is 3.07. The average molecular weight is 672 g/mol. The van der Waals surface area contributed by atoms with Crippen molar-refractivity contribution in [1.82, 2.24) is 5.32 Å². The van der Waals surface area contributed by atoms with Gasteiger partial charge in [0.05, 0.1) is 40.8 Å². The maximum absolute atomic E-state index is 14.1. The molecule has 0 fully saturated rings. The zero-order valence-electron chi connectivity index (χ0n) is 24.5. The van der Waals surface area contributed by atoms with E-state index in [0.29, 0.717) is 30.8 Å². The molecule has 0 bridgehead atoms. The van der Waals surface area contributed by atoms with Crippen LogP contribution in [0.25, 0.3) is 0 Å². The number of rotatable bonds is 14. The number of hydrogen-bond donors (Lipinski definition) is 3. The minimum absolute atomic E-state index is 0.0517. The summed E-state index contributed by atoms with van der Waals surface area (Å²) >= 11 is 8.74. The second-order valence-corrected chi connectivity index (χ2v) is 12.6. The molecule has 3 N–H and O–H groups in total. The number of amides is 1. The summed E-state index contributed by atoms with van der Waals surface area (Å²) < 4.78 is 0. The molecule has 3 atom stereocenters. The molecule has 4 aromatic rings. The fourth-order valence-corrected chi connectivity index (χ4v) is 6.93. The number of hydrogen-bond acceptors (Lipinski definition) is 9. The van der Waals surface area contributed by atoms with Crippen LogP contribution in [-0.2, 0) is 4.79 Å². The number of halogens is 1. The van der Waals surface area contributed by atoms with E-state index in [2.05, 4.69) is 17.5 Å². The van der Waals surface area contributed by atoms with Crippen LogP contribution in [0.4, 0.5) is 11.4 Å². The molecule has 46 heavy (non-hydrogen) atoms. The Hall–Kier alpha value is -4.33. The monoisotopic (exact) mass is 671 g/mol. The Morgan fingerprint density at radius 2 is 1.48 bits per heavy atom. The molecule has 234 valence electrons. The van der Waals surface area contributed by atoms with E-state index in [4.69, 9.17) is 22.1 Å². The summed E-state index contributed by atoms with van der Waals surface area (Å²) in [5.74, 6) is -0.686. The molecule has 0 aliphatic rings. The van der Waals surface area contributed by atoms with Crippen LogP contribution in [0.1, 0.15) is 34.0 Å². The van der Waals surface area contributed by atoms with Gasteiger partial charge >= 0.3 is 0 Å². The number of quaternary nitrogens is 1. The minimum atomic E-state index is -1.21. The lowest BCUT2D eigenvalue weighted by Crippen LogP contribution is -2.99. The van der Waals surface area contributed by atoms with Gasteiger partial charge in [0.1, 0.15) is 6.04 Å². The normalized spacial score (nSPS) is 12.6. The number of nitriles is 2. The van der Waals surface area contributed by atoms with E-state index >= 15 is 0 Å². The molecule has 1 amide bonds. The summed E-state index contributed by atoms with van der Waals surface area (Å²) in [7, 11) is 0. The fraction of sp³-hybridized carbons (Fsp3) is 0.176. The van der Waals surface area contributed by atoms with Gasteiger partial charge in [-0.05, 0) is 59.8 Å². The van der Waals surface area contributed by atoms with Crippen molar-refractivity contribution in [2.24, 2.45) is 0 Å². The molecule has 0 saturated heterocycles. The van der Waals surface area contributed by atoms with Gasteiger partial charge in [-0.1, -0.05) is 60.1 Å². The first-order valence-electron chi connectivity index (χ1n) is 14.2. The molecular formula is C34H30ClN5O4S2. The fourth-order valence-electron chi connectivity index (χ4n) is 4.57. The number of benzene rings is 4. The predicted molar refractivity (Wildman–Crippen MR) is 180 cm³/mol. The maximum atomic E-state index is 14.1. The highest BCUT2D eigenvalue weighted by molar-refractivity contribution is 8.14. The first-order chi connectivity index (χ1) is 22.3. The molecule has 12 heteroatoms. The van der Waals surface area contributed by atoms with Crippen LogP contribution < -0.4 is 15.4 Å². The van der Waals surface area contributed by atoms with Gasteiger partial charge in [0.15, 0.2) is 5.69 Å². The largest absolute Gasteiger partial charge is 0.595 e. The van der Waals surface area contributed by atoms with Gasteiger partial charge in [-0.2, -0.15) is 15.8 Å². The van der Waals surface area contributed by atoms with Crippen molar-refractivity contribution in [1.29, 1.82) is 10.5 Å². The summed E-state index contributed by atoms with van der Waals surface area (Å²) in [4.78, 5) is 31.3. The quantitative estimate of drug-likeness (QED) is 0.103. The lowest BCUT2D eigenvalue weighted by atomic mass is 10.0. The molecule has 0 aliphatic heterocycles. The number of nitrogens with one attached hydrogen (secondary N) is 2. The number of carbonyl (C=O) groups is 2. The summed E-state index contributed by atoms with van der Waals surface area (Å²) in [6.45, 7) is 0.918. The Morgan fingerprint density at radius 3 is 2.04 bits per heavy atom. The van der Waals surface area contributed by atoms with E-state index in [-0.39, 0.29) is 21.4 Å². The molecule has 4 aromatic carbocycles. The number of carbonyl (C=O) groups excluding carboxylic acids is 2. The molecule has 0 radical (unpaired) electrons. The SMILES string of the molecule is N#CCCN(CCC#N)c1ccc(C(Sc2ccccc2)C(NC(=O)c2cc([NH+]([O-])O)ccc2Cl)C(=O)Sc2ccccc2)cc1. The van der Waals surface area contributed by atoms with Crippen molar-refractivity contribution in [3.8, 4) is 12.1 Å². The second kappa shape index (κ2) is 17.4. The first kappa shape index (κ1) is 34.5. The van der Waals surface area contributed by atoms with Crippen LogP contribution in [0.5, 0.6) is 0 Å². The van der Waals surface area contributed by atoms with Crippen LogP contribution in [0.3, 0.4) is 0 Å². The van der Waals surface area contributed by atoms with Crippen molar-refractivity contribution >= 4 is 57.5 Å². The third kappa shape index (κ3) is 9.59. The van der Waals surface area contributed by atoms with Crippen molar-refractivity contribution in [2.75, 3.05) is 18.0 Å². The summed E-state index contributed by atoms with van der Waals surface area (Å²) in [5.41, 5.74) is 1.39. The Bertz CT molecular complexity index is 1680. The molecule has 4 rings (SSSR count). The van der Waals surface area contributed by atoms with E-state index in [9.17, 15) is 20.0 Å². The van der Waals surface area contributed by atoms with Crippen LogP contribution >= 0.6 is 35.1 Å². The molecular weight excluding hydrogens is 642 g/mol. The molecule has 0 spiro atoms. The van der Waals surface area contributed by atoms with Crippen molar-refractivity contribution in [2.45, 2.75) is 33.9 Å². The third-order valence-electron chi connectivity index (χ3n) is 6.84. The Balaban J connectivity index is 1.76. The third-order valence-corrected chi connectivity index (χ3v) is 9.48. The van der Waals surface area contributed by atoms with Crippen molar-refractivity contribution in [3.05, 3.63) is 124 Å². The zero-order chi connectivity index (χ0) is 32.9. The molecule has 0 heterocycles. The van der Waals surface area contributed by atoms with Gasteiger partial charge < -0.3 is 15.4 Å². The smallest absolute Gasteiger partial charge is 0.253 e. The molecule has 0 aliphatic carbocycles. The van der Waals surface area contributed by atoms with Gasteiger partial charge in [0, 0.05) is 40.7 Å². The second-order valence-electron chi connectivity index (χ2n) is 9.93. The highest BCUT2D eigenvalue weighted by atomic mass is 35.5. The Kier molecular flexibility index (Phi) is 13.1. The number of nitrogens with zero attached hydrogens (tertiary/aromatic N) is 3. The van der Waals surface area contributed by atoms with Crippen LogP contribution in [-0.4, -0.2) is 35.4 Å². The summed E-state index contributed by atoms with van der Waals surface area (Å²) in [6.07, 6.45) is 0.592. The van der Waals surface area contributed by atoms with Gasteiger partial charge in [-0.3, -0.25) is 9.59 Å². The minimum Gasteiger partial charge on any atom is -0.595 e. The Labute approximate surface area is 280 Å². The lowest BCUT2D eigenvalue weighted by molar-refractivity contribution is -0.991. The van der Waals surface area contributed by atoms with Crippen LogP contribution in [0.2, 0.25) is 5.02 Å². The molecule has 0 saturated carbocycles. The van der Waals surface area contributed by atoms with E-state index in [0.717, 1.165) is 27.9 Å². The lowest BCUT2D eigenvalue weighted by Gasteiger charge is -2.28. The first-order valence-corrected chi connectivity index (χ1v) is 16.3. The Morgan fingerprint density at radius 1 is 0.891 bits per heavy atom. The molecule has 3 unspecified atom stereocenters. The maximum Gasteiger partial charge on any atom is 0.253 e. The number of anilines is 1. The van der Waals surface area contributed by atoms with Crippen molar-refractivity contribution < 1.29 is 20.0 Å². The van der Waals surface area contributed by atoms with Gasteiger partial charge in [0.2, 0.25) is 5.12 Å². The van der Waals surface area contributed by atoms with E-state index in [1.54, 1.807) is 12.1 Å². The summed E-state index contributed by atoms with van der Waals surface area (Å²) in [6, 6.07) is 33.1. The molecule has 0 aromatic heterocycles. The van der Waals surface area contributed by atoms with Crippen LogP contribution in [0, 0.1) is 27.9 Å². The zero-order valence-corrected chi connectivity index (χ0v) is 26.9. The van der Waals surface area contributed by atoms with Crippen LogP contribution in [0.15, 0.2) is 113 Å². The number of thioether (sulfide) groups is 2. The standard InChI is InChI=1S/C34H30ClN5O4S2/c35-30-18-17-26(40(43)44)23-29(30)33(41)38-31(34(42)46-28-11-5-2-6-12-28)32(45-27-9-3-1-4-10-27)24-13-15-25(16-14-24)39(21-7-19-36)22-8-20-37/h1-6,9-18,23,31-32,40,43H,7-8,21-22H2,(H,38,41). The molecule has 9 nitrogen and oxygen atoms in total. The van der Waals surface area contributed by atoms with Gasteiger partial charge in [-0.15, -0.1) is 11.8 Å². The van der Waals surface area contributed by atoms with Gasteiger partial charge in [0.25, 0.3) is 5.91 Å². The van der Waals surface area contributed by atoms with E-state index in [1.165, 1.54) is 30.0 Å². The highest BCUT2D eigenvalue weighted by Crippen LogP contribution is 2.41. The predicted octanol–water partition coefficient (Wildman–Crippen LogP) is 6.33. The topological polar surface area (TPSA) is 145 Å². The van der Waals surface area contributed by atoms with E-state index < -0.39 is 22.4 Å². The highest BCUT2D eigenvalue weighted by Gasteiger charge is 2.34. The van der Waals surface area contributed by atoms with Gasteiger partial charge in [-0.25, -0.2) is 5.21 Å². The van der Waals surface area contributed by atoms with Crippen molar-refractivity contribution in [3.63, 3.8) is 0 Å².